The number of carbonyl (C=O) groups excluding carboxylic acids is 2. The number of aliphatic hydroxyl groups excluding tert-OH is 1. The van der Waals surface area contributed by atoms with Gasteiger partial charge in [0, 0.05) is 5.56 Å². The van der Waals surface area contributed by atoms with Gasteiger partial charge in [0.1, 0.15) is 34.8 Å². The Bertz CT molecular complexity index is 1500. The van der Waals surface area contributed by atoms with Crippen molar-refractivity contribution < 1.29 is 28.6 Å². The quantitative estimate of drug-likeness (QED) is 0.173. The van der Waals surface area contributed by atoms with E-state index in [1.54, 1.807) is 43.3 Å². The molecule has 8 nitrogen and oxygen atoms in total. The van der Waals surface area contributed by atoms with Crippen LogP contribution < -0.4 is 14.4 Å². The first-order valence-corrected chi connectivity index (χ1v) is 12.9. The van der Waals surface area contributed by atoms with Crippen molar-refractivity contribution in [2.45, 2.75) is 33.2 Å². The molecule has 3 heterocycles. The van der Waals surface area contributed by atoms with Crippen molar-refractivity contribution in [2.24, 2.45) is 0 Å². The first-order chi connectivity index (χ1) is 17.9. The molecular formula is C28H26N2O6S. The third-order valence-corrected chi connectivity index (χ3v) is 6.96. The first kappa shape index (κ1) is 24.6. The number of ether oxygens (including phenoxy) is 2. The molecule has 4 aromatic rings. The van der Waals surface area contributed by atoms with Gasteiger partial charge in [0.05, 0.1) is 29.0 Å². The normalized spacial score (nSPS) is 17.1. The number of aliphatic hydroxyl groups is 1. The molecule has 0 radical (unpaired) electrons. The molecule has 0 saturated carbocycles. The van der Waals surface area contributed by atoms with Crippen LogP contribution in [0.5, 0.6) is 11.5 Å². The van der Waals surface area contributed by atoms with Gasteiger partial charge in [-0.25, -0.2) is 4.98 Å². The summed E-state index contributed by atoms with van der Waals surface area (Å²) < 4.78 is 17.9. The van der Waals surface area contributed by atoms with Crippen LogP contribution in [0.1, 0.15) is 43.4 Å². The Balaban J connectivity index is 1.61. The number of fused-ring (bicyclic) bond motifs is 1. The largest absolute Gasteiger partial charge is 0.507 e. The average molecular weight is 519 g/mol. The number of hydrogen-bond acceptors (Lipinski definition) is 8. The Morgan fingerprint density at radius 3 is 2.49 bits per heavy atom. The number of ketones is 1. The third kappa shape index (κ3) is 4.58. The van der Waals surface area contributed by atoms with Gasteiger partial charge in [0.15, 0.2) is 5.13 Å². The summed E-state index contributed by atoms with van der Waals surface area (Å²) in [6.07, 6.45) is 0.868. The number of Topliss-reactive ketones (excluding diaryl/α,β-unsaturated/α-hetero) is 1. The Morgan fingerprint density at radius 1 is 1.05 bits per heavy atom. The highest BCUT2D eigenvalue weighted by Crippen LogP contribution is 2.45. The van der Waals surface area contributed by atoms with Crippen molar-refractivity contribution in [3.63, 3.8) is 0 Å². The van der Waals surface area contributed by atoms with Crippen LogP contribution in [0.2, 0.25) is 0 Å². The zero-order chi connectivity index (χ0) is 26.1. The van der Waals surface area contributed by atoms with E-state index in [1.165, 1.54) is 16.2 Å². The highest BCUT2D eigenvalue weighted by Gasteiger charge is 2.49. The molecule has 2 aromatic carbocycles. The standard InChI is InChI=1S/C28H26N2O6S/c1-4-14-35-18-9-7-17(8-10-18)25(31)23-24(21-13-6-16(3)36-21)30(27(33)26(23)32)28-29-20-12-11-19(34-5-2)15-22(20)37-28/h6-13,15,24,31H,4-5,14H2,1-3H3. The van der Waals surface area contributed by atoms with Crippen LogP contribution in [0.4, 0.5) is 5.13 Å². The van der Waals surface area contributed by atoms with Gasteiger partial charge in [-0.05, 0) is 74.9 Å². The number of thiazole rings is 1. The lowest BCUT2D eigenvalue weighted by atomic mass is 9.99. The van der Waals surface area contributed by atoms with Crippen molar-refractivity contribution in [1.82, 2.24) is 4.98 Å². The summed E-state index contributed by atoms with van der Waals surface area (Å²) in [6, 6.07) is 14.7. The Hall–Kier alpha value is -4.11. The van der Waals surface area contributed by atoms with E-state index in [2.05, 4.69) is 4.98 Å². The number of aromatic nitrogens is 1. The summed E-state index contributed by atoms with van der Waals surface area (Å²) >= 11 is 1.26. The Morgan fingerprint density at radius 2 is 1.81 bits per heavy atom. The van der Waals surface area contributed by atoms with Gasteiger partial charge >= 0.3 is 5.91 Å². The zero-order valence-corrected chi connectivity index (χ0v) is 21.5. The average Bonchev–Trinajstić information content (AvgIpc) is 3.58. The van der Waals surface area contributed by atoms with E-state index in [4.69, 9.17) is 13.9 Å². The molecule has 1 fully saturated rings. The number of furan rings is 1. The lowest BCUT2D eigenvalue weighted by Crippen LogP contribution is -2.29. The zero-order valence-electron chi connectivity index (χ0n) is 20.7. The second-order valence-corrected chi connectivity index (χ2v) is 9.56. The van der Waals surface area contributed by atoms with E-state index in [-0.39, 0.29) is 11.3 Å². The number of carbonyl (C=O) groups is 2. The van der Waals surface area contributed by atoms with Gasteiger partial charge in [0.2, 0.25) is 0 Å². The number of benzene rings is 2. The number of nitrogens with zero attached hydrogens (tertiary/aromatic N) is 2. The molecule has 190 valence electrons. The fraction of sp³-hybridized carbons (Fsp3) is 0.250. The van der Waals surface area contributed by atoms with Gasteiger partial charge in [-0.15, -0.1) is 0 Å². The molecule has 37 heavy (non-hydrogen) atoms. The highest BCUT2D eigenvalue weighted by molar-refractivity contribution is 7.22. The van der Waals surface area contributed by atoms with Gasteiger partial charge < -0.3 is 19.0 Å². The molecule has 0 aliphatic carbocycles. The summed E-state index contributed by atoms with van der Waals surface area (Å²) in [5.41, 5.74) is 0.999. The monoisotopic (exact) mass is 518 g/mol. The van der Waals surface area contributed by atoms with Gasteiger partial charge in [-0.3, -0.25) is 14.5 Å². The lowest BCUT2D eigenvalue weighted by molar-refractivity contribution is -0.132. The summed E-state index contributed by atoms with van der Waals surface area (Å²) in [5, 5.41) is 11.6. The van der Waals surface area contributed by atoms with E-state index in [0.29, 0.717) is 52.4 Å². The number of anilines is 1. The number of hydrogen-bond donors (Lipinski definition) is 1. The van der Waals surface area contributed by atoms with E-state index < -0.39 is 17.7 Å². The molecular weight excluding hydrogens is 492 g/mol. The maximum absolute atomic E-state index is 13.4. The summed E-state index contributed by atoms with van der Waals surface area (Å²) in [4.78, 5) is 32.6. The molecule has 9 heteroatoms. The van der Waals surface area contributed by atoms with Crippen LogP contribution in [0.25, 0.3) is 16.0 Å². The number of rotatable bonds is 8. The van der Waals surface area contributed by atoms with Crippen LogP contribution in [0.15, 0.2) is 64.6 Å². The molecule has 1 aliphatic rings. The molecule has 1 aliphatic heterocycles. The summed E-state index contributed by atoms with van der Waals surface area (Å²) in [6.45, 7) is 6.78. The molecule has 1 N–H and O–H groups in total. The second-order valence-electron chi connectivity index (χ2n) is 8.55. The second kappa shape index (κ2) is 10.1. The minimum atomic E-state index is -0.975. The molecule has 1 saturated heterocycles. The predicted octanol–water partition coefficient (Wildman–Crippen LogP) is 6.01. The van der Waals surface area contributed by atoms with Gasteiger partial charge in [-0.2, -0.15) is 0 Å². The summed E-state index contributed by atoms with van der Waals surface area (Å²) in [5.74, 6) is 0.431. The molecule has 0 spiro atoms. The van der Waals surface area contributed by atoms with Crippen LogP contribution in [0.3, 0.4) is 0 Å². The fourth-order valence-corrected chi connectivity index (χ4v) is 5.26. The van der Waals surface area contributed by atoms with Gasteiger partial charge in [0.25, 0.3) is 5.78 Å². The summed E-state index contributed by atoms with van der Waals surface area (Å²) in [7, 11) is 0. The Kier molecular flexibility index (Phi) is 6.71. The van der Waals surface area contributed by atoms with Crippen molar-refractivity contribution in [2.75, 3.05) is 18.1 Å². The number of amides is 1. The smallest absolute Gasteiger partial charge is 0.302 e. The highest BCUT2D eigenvalue weighted by atomic mass is 32.1. The first-order valence-electron chi connectivity index (χ1n) is 12.0. The van der Waals surface area contributed by atoms with Crippen LogP contribution in [0, 0.1) is 6.92 Å². The predicted molar refractivity (Wildman–Crippen MR) is 141 cm³/mol. The van der Waals surface area contributed by atoms with Crippen molar-refractivity contribution >= 4 is 44.1 Å². The van der Waals surface area contributed by atoms with E-state index in [9.17, 15) is 14.7 Å². The van der Waals surface area contributed by atoms with E-state index in [1.807, 2.05) is 32.0 Å². The number of aryl methyl sites for hydroxylation is 1. The third-order valence-electron chi connectivity index (χ3n) is 5.94. The van der Waals surface area contributed by atoms with Crippen LogP contribution >= 0.6 is 11.3 Å². The fourth-order valence-electron chi connectivity index (χ4n) is 4.24. The lowest BCUT2D eigenvalue weighted by Gasteiger charge is -2.20. The molecule has 1 unspecified atom stereocenters. The van der Waals surface area contributed by atoms with Gasteiger partial charge in [-0.1, -0.05) is 18.3 Å². The minimum Gasteiger partial charge on any atom is -0.507 e. The minimum absolute atomic E-state index is 0.0594. The molecule has 1 atom stereocenters. The van der Waals surface area contributed by atoms with Crippen molar-refractivity contribution in [3.8, 4) is 11.5 Å². The van der Waals surface area contributed by atoms with E-state index >= 15 is 0 Å². The van der Waals surface area contributed by atoms with Crippen molar-refractivity contribution in [1.29, 1.82) is 0 Å². The molecule has 1 amide bonds. The maximum Gasteiger partial charge on any atom is 0.302 e. The van der Waals surface area contributed by atoms with Crippen molar-refractivity contribution in [3.05, 3.63) is 77.3 Å². The molecule has 0 bridgehead atoms. The van der Waals surface area contributed by atoms with Crippen LogP contribution in [-0.2, 0) is 9.59 Å². The maximum atomic E-state index is 13.4. The molecule has 5 rings (SSSR count). The van der Waals surface area contributed by atoms with Crippen LogP contribution in [-0.4, -0.2) is 35.0 Å². The molecule has 2 aromatic heterocycles. The SMILES string of the molecule is CCCOc1ccc(C(O)=C2C(=O)C(=O)N(c3nc4ccc(OCC)cc4s3)C2c2ccc(C)o2)cc1. The topological polar surface area (TPSA) is 102 Å². The van der Waals surface area contributed by atoms with E-state index in [0.717, 1.165) is 11.1 Å². The Labute approximate surface area is 217 Å².